The van der Waals surface area contributed by atoms with Gasteiger partial charge in [-0.25, -0.2) is 4.79 Å². The lowest BCUT2D eigenvalue weighted by Gasteiger charge is -2.41. The van der Waals surface area contributed by atoms with E-state index in [9.17, 15) is 18.0 Å². The Balaban J connectivity index is 1.35. The van der Waals surface area contributed by atoms with E-state index in [-0.39, 0.29) is 0 Å². The number of ether oxygens (including phenoxy) is 1. The molecule has 0 atom stereocenters. The maximum absolute atomic E-state index is 12.3. The molecule has 5 heteroatoms. The zero-order valence-corrected chi connectivity index (χ0v) is 17.3. The van der Waals surface area contributed by atoms with Gasteiger partial charge in [0.1, 0.15) is 6.10 Å². The lowest BCUT2D eigenvalue weighted by Crippen LogP contribution is -2.34. The summed E-state index contributed by atoms with van der Waals surface area (Å²) in [6, 6.07) is 0. The average molecular weight is 403 g/mol. The van der Waals surface area contributed by atoms with Crippen molar-refractivity contribution >= 4 is 5.97 Å². The largest absolute Gasteiger partial charge is 0.490 e. The van der Waals surface area contributed by atoms with Gasteiger partial charge in [-0.15, -0.1) is 0 Å². The van der Waals surface area contributed by atoms with Gasteiger partial charge in [0.15, 0.2) is 0 Å². The minimum Gasteiger partial charge on any atom is -0.456 e. The quantitative estimate of drug-likeness (QED) is 0.460. The van der Waals surface area contributed by atoms with Crippen LogP contribution in [0.4, 0.5) is 13.2 Å². The molecule has 0 bridgehead atoms. The zero-order valence-electron chi connectivity index (χ0n) is 17.3. The van der Waals surface area contributed by atoms with E-state index in [1.165, 1.54) is 64.2 Å². The lowest BCUT2D eigenvalue weighted by atomic mass is 9.65. The van der Waals surface area contributed by atoms with Crippen LogP contribution in [0.2, 0.25) is 0 Å². The summed E-state index contributed by atoms with van der Waals surface area (Å²) < 4.78 is 41.7. The van der Waals surface area contributed by atoms with E-state index in [0.717, 1.165) is 36.5 Å². The Bertz CT molecular complexity index is 481. The maximum Gasteiger partial charge on any atom is 0.490 e. The van der Waals surface area contributed by atoms with Crippen molar-refractivity contribution in [1.29, 1.82) is 0 Å². The molecule has 3 aliphatic carbocycles. The highest BCUT2D eigenvalue weighted by Crippen LogP contribution is 2.46. The van der Waals surface area contributed by atoms with Gasteiger partial charge in [0.25, 0.3) is 0 Å². The van der Waals surface area contributed by atoms with Crippen molar-refractivity contribution in [2.45, 2.75) is 109 Å². The summed E-state index contributed by atoms with van der Waals surface area (Å²) in [5, 5.41) is 0. The maximum atomic E-state index is 12.3. The first-order valence-corrected chi connectivity index (χ1v) is 11.6. The minimum absolute atomic E-state index is 0.542. The van der Waals surface area contributed by atoms with Gasteiger partial charge in [0.05, 0.1) is 0 Å². The fraction of sp³-hybridized carbons (Fsp3) is 0.957. The van der Waals surface area contributed by atoms with Crippen LogP contribution < -0.4 is 0 Å². The molecule has 0 heterocycles. The first-order chi connectivity index (χ1) is 13.4. The fourth-order valence-electron chi connectivity index (χ4n) is 6.34. The highest BCUT2D eigenvalue weighted by molar-refractivity contribution is 5.75. The van der Waals surface area contributed by atoms with Gasteiger partial charge in [-0.3, -0.25) is 0 Å². The van der Waals surface area contributed by atoms with Gasteiger partial charge in [-0.2, -0.15) is 13.2 Å². The Hall–Kier alpha value is -0.740. The van der Waals surface area contributed by atoms with E-state index >= 15 is 0 Å². The summed E-state index contributed by atoms with van der Waals surface area (Å²) in [4.78, 5) is 11.0. The molecule has 0 aliphatic heterocycles. The molecule has 3 rings (SSSR count). The monoisotopic (exact) mass is 402 g/mol. The molecule has 3 saturated carbocycles. The van der Waals surface area contributed by atoms with Crippen molar-refractivity contribution in [3.63, 3.8) is 0 Å². The van der Waals surface area contributed by atoms with Crippen LogP contribution in [-0.2, 0) is 9.53 Å². The molecule has 3 fully saturated rings. The second kappa shape index (κ2) is 9.84. The van der Waals surface area contributed by atoms with Crippen molar-refractivity contribution in [3.8, 4) is 0 Å². The van der Waals surface area contributed by atoms with E-state index in [4.69, 9.17) is 0 Å². The molecular weight excluding hydrogens is 365 g/mol. The molecule has 0 amide bonds. The van der Waals surface area contributed by atoms with Crippen molar-refractivity contribution in [3.05, 3.63) is 0 Å². The van der Waals surface area contributed by atoms with Gasteiger partial charge in [-0.1, -0.05) is 32.6 Å². The van der Waals surface area contributed by atoms with Crippen LogP contribution in [0.1, 0.15) is 96.8 Å². The number of halogens is 3. The van der Waals surface area contributed by atoms with Gasteiger partial charge in [0, 0.05) is 0 Å². The Kier molecular flexibility index (Phi) is 7.72. The smallest absolute Gasteiger partial charge is 0.456 e. The lowest BCUT2D eigenvalue weighted by molar-refractivity contribution is -0.206. The fourth-order valence-corrected chi connectivity index (χ4v) is 6.34. The van der Waals surface area contributed by atoms with Crippen molar-refractivity contribution in [2.75, 3.05) is 0 Å². The average Bonchev–Trinajstić information content (AvgIpc) is 2.69. The van der Waals surface area contributed by atoms with Crippen LogP contribution in [0.15, 0.2) is 0 Å². The van der Waals surface area contributed by atoms with Crippen LogP contribution >= 0.6 is 0 Å². The third kappa shape index (κ3) is 5.89. The van der Waals surface area contributed by atoms with E-state index in [0.29, 0.717) is 18.8 Å². The van der Waals surface area contributed by atoms with E-state index in [1.54, 1.807) is 0 Å². The predicted molar refractivity (Wildman–Crippen MR) is 104 cm³/mol. The van der Waals surface area contributed by atoms with E-state index < -0.39 is 18.2 Å². The molecule has 162 valence electrons. The molecule has 3 aliphatic rings. The first kappa shape index (κ1) is 22.0. The molecule has 0 aromatic rings. The molecule has 0 saturated heterocycles. The second-order valence-corrected chi connectivity index (χ2v) is 9.68. The zero-order chi connectivity index (χ0) is 20.1. The van der Waals surface area contributed by atoms with Gasteiger partial charge in [0.2, 0.25) is 0 Å². The Morgan fingerprint density at radius 1 is 0.750 bits per heavy atom. The van der Waals surface area contributed by atoms with E-state index in [2.05, 4.69) is 11.7 Å². The van der Waals surface area contributed by atoms with Crippen LogP contribution in [0.5, 0.6) is 0 Å². The number of hydrogen-bond acceptors (Lipinski definition) is 2. The molecule has 0 aromatic carbocycles. The summed E-state index contributed by atoms with van der Waals surface area (Å²) >= 11 is 0. The third-order valence-corrected chi connectivity index (χ3v) is 7.96. The topological polar surface area (TPSA) is 26.3 Å². The summed E-state index contributed by atoms with van der Waals surface area (Å²) in [6.45, 7) is 2.29. The number of carbonyl (C=O) groups is 1. The third-order valence-electron chi connectivity index (χ3n) is 7.96. The molecule has 0 radical (unpaired) electrons. The standard InChI is InChI=1S/C23H37F3O2/c1-2-3-16-4-6-17(7-5-16)18-8-10-19(11-9-18)20-12-14-21(15-13-20)28-22(27)23(24,25)26/h16-21H,2-15H2,1H3. The van der Waals surface area contributed by atoms with Crippen molar-refractivity contribution < 1.29 is 22.7 Å². The first-order valence-electron chi connectivity index (χ1n) is 11.6. The van der Waals surface area contributed by atoms with Crippen LogP contribution in [0.3, 0.4) is 0 Å². The molecule has 28 heavy (non-hydrogen) atoms. The summed E-state index contributed by atoms with van der Waals surface area (Å²) in [6.07, 6.45) is 11.3. The number of carbonyl (C=O) groups excluding carboxylic acids is 1. The van der Waals surface area contributed by atoms with Gasteiger partial charge >= 0.3 is 12.1 Å². The summed E-state index contributed by atoms with van der Waals surface area (Å²) in [5.74, 6) is 2.13. The Morgan fingerprint density at radius 3 is 1.54 bits per heavy atom. The number of alkyl halides is 3. The number of esters is 1. The molecular formula is C23H37F3O2. The van der Waals surface area contributed by atoms with Gasteiger partial charge in [-0.05, 0) is 93.8 Å². The minimum atomic E-state index is -4.87. The Morgan fingerprint density at radius 2 is 1.14 bits per heavy atom. The SMILES string of the molecule is CCCC1CCC(C2CCC(C3CCC(OC(=O)C(F)(F)F)CC3)CC2)CC1. The van der Waals surface area contributed by atoms with Crippen molar-refractivity contribution in [2.24, 2.45) is 29.6 Å². The molecule has 0 spiro atoms. The highest BCUT2D eigenvalue weighted by Gasteiger charge is 2.43. The van der Waals surface area contributed by atoms with Crippen LogP contribution in [0, 0.1) is 29.6 Å². The summed E-state index contributed by atoms with van der Waals surface area (Å²) in [7, 11) is 0. The molecule has 0 N–H and O–H groups in total. The number of hydrogen-bond donors (Lipinski definition) is 0. The normalized spacial score (nSPS) is 37.4. The predicted octanol–water partition coefficient (Wildman–Crippen LogP) is 7.06. The highest BCUT2D eigenvalue weighted by atomic mass is 19.4. The molecule has 2 nitrogen and oxygen atoms in total. The number of rotatable bonds is 5. The Labute approximate surface area is 168 Å². The molecule has 0 unspecified atom stereocenters. The van der Waals surface area contributed by atoms with Crippen LogP contribution in [-0.4, -0.2) is 18.2 Å². The van der Waals surface area contributed by atoms with Gasteiger partial charge < -0.3 is 4.74 Å². The van der Waals surface area contributed by atoms with Crippen molar-refractivity contribution in [1.82, 2.24) is 0 Å². The molecule has 0 aromatic heterocycles. The summed E-state index contributed by atoms with van der Waals surface area (Å²) in [5.41, 5.74) is 0. The van der Waals surface area contributed by atoms with Crippen LogP contribution in [0.25, 0.3) is 0 Å². The van der Waals surface area contributed by atoms with E-state index in [1.807, 2.05) is 0 Å². The second-order valence-electron chi connectivity index (χ2n) is 9.68.